The second-order valence-corrected chi connectivity index (χ2v) is 20.0. The zero-order valence-electron chi connectivity index (χ0n) is 30.7. The van der Waals surface area contributed by atoms with Crippen molar-refractivity contribution in [3.05, 3.63) is 58.7 Å². The molecule has 12 nitrogen and oxygen atoms in total. The van der Waals surface area contributed by atoms with Gasteiger partial charge in [-0.2, -0.15) is 9.15 Å². The summed E-state index contributed by atoms with van der Waals surface area (Å²) in [5, 5.41) is 5.98. The SMILES string of the molecule is CC1=[N+](CCCCS(=O)(=O)[O-])c2ccc(C(=O)NCCSSCCNC(=O)c3ccc4c(c3)C(C)(C)C(C)=[N+]4CCCCS(=O)(=O)[O-])cc2C1(C)C. The molecule has 2 aliphatic rings. The highest BCUT2D eigenvalue weighted by molar-refractivity contribution is 8.76. The molecule has 16 heteroatoms. The van der Waals surface area contributed by atoms with Crippen LogP contribution < -0.4 is 10.6 Å². The Morgan fingerprint density at radius 2 is 1.02 bits per heavy atom. The van der Waals surface area contributed by atoms with Gasteiger partial charge in [0.2, 0.25) is 11.4 Å². The van der Waals surface area contributed by atoms with Crippen LogP contribution in [0.15, 0.2) is 36.4 Å². The maximum atomic E-state index is 13.0. The molecule has 2 heterocycles. The predicted octanol–water partition coefficient (Wildman–Crippen LogP) is 4.67. The fourth-order valence-electron chi connectivity index (χ4n) is 6.66. The van der Waals surface area contributed by atoms with Gasteiger partial charge in [0, 0.05) is 97.2 Å². The molecule has 2 aromatic carbocycles. The maximum absolute atomic E-state index is 13.0. The molecule has 0 unspecified atom stereocenters. The number of nitrogens with zero attached hydrogens (tertiary/aromatic N) is 2. The van der Waals surface area contributed by atoms with Gasteiger partial charge in [0.1, 0.15) is 13.1 Å². The number of amides is 2. The summed E-state index contributed by atoms with van der Waals surface area (Å²) in [6.07, 6.45) is 1.74. The Labute approximate surface area is 316 Å². The summed E-state index contributed by atoms with van der Waals surface area (Å²) in [6.45, 7) is 14.6. The Kier molecular flexibility index (Phi) is 13.8. The van der Waals surface area contributed by atoms with Gasteiger partial charge in [-0.1, -0.05) is 21.6 Å². The molecule has 0 bridgehead atoms. The van der Waals surface area contributed by atoms with Crippen LogP contribution in [0.2, 0.25) is 0 Å². The largest absolute Gasteiger partial charge is 0.748 e. The molecule has 0 saturated carbocycles. The predicted molar refractivity (Wildman–Crippen MR) is 207 cm³/mol. The first-order chi connectivity index (χ1) is 24.2. The number of fused-ring (bicyclic) bond motifs is 2. The number of carbonyl (C=O) groups is 2. The number of unbranched alkanes of at least 4 members (excludes halogenated alkanes) is 2. The third-order valence-electron chi connectivity index (χ3n) is 10.1. The van der Waals surface area contributed by atoms with E-state index in [0.717, 1.165) is 33.9 Å². The first kappa shape index (κ1) is 42.0. The fraction of sp³-hybridized carbons (Fsp3) is 0.556. The third-order valence-corrected chi connectivity index (χ3v) is 14.1. The Morgan fingerprint density at radius 3 is 1.37 bits per heavy atom. The summed E-state index contributed by atoms with van der Waals surface area (Å²) in [5.41, 5.74) is 6.80. The zero-order chi connectivity index (χ0) is 38.5. The normalized spacial score (nSPS) is 16.2. The fourth-order valence-corrected chi connectivity index (χ4v) is 9.59. The highest BCUT2D eigenvalue weighted by Gasteiger charge is 2.44. The van der Waals surface area contributed by atoms with Crippen molar-refractivity contribution in [2.75, 3.05) is 49.2 Å². The molecule has 2 aromatic rings. The first-order valence-corrected chi connectivity index (χ1v) is 23.1. The van der Waals surface area contributed by atoms with Crippen molar-refractivity contribution < 1.29 is 44.7 Å². The average molecular weight is 795 g/mol. The molecule has 0 aliphatic carbocycles. The Hall–Kier alpha value is -2.76. The van der Waals surface area contributed by atoms with Crippen molar-refractivity contribution in [2.24, 2.45) is 0 Å². The van der Waals surface area contributed by atoms with Gasteiger partial charge < -0.3 is 19.7 Å². The quantitative estimate of drug-likeness (QED) is 0.0879. The van der Waals surface area contributed by atoms with Gasteiger partial charge in [-0.25, -0.2) is 16.8 Å². The van der Waals surface area contributed by atoms with Crippen molar-refractivity contribution >= 4 is 76.4 Å². The van der Waals surface area contributed by atoms with E-state index in [4.69, 9.17) is 0 Å². The third kappa shape index (κ3) is 10.5. The van der Waals surface area contributed by atoms with Crippen LogP contribution in [0, 0.1) is 0 Å². The van der Waals surface area contributed by atoms with Crippen molar-refractivity contribution in [3.8, 4) is 0 Å². The summed E-state index contributed by atoms with van der Waals surface area (Å²) < 4.78 is 70.1. The van der Waals surface area contributed by atoms with Crippen molar-refractivity contribution in [2.45, 2.75) is 78.1 Å². The van der Waals surface area contributed by atoms with E-state index in [2.05, 4.69) is 47.5 Å². The van der Waals surface area contributed by atoms with E-state index >= 15 is 0 Å². The summed E-state index contributed by atoms with van der Waals surface area (Å²) in [6, 6.07) is 11.3. The topological polar surface area (TPSA) is 179 Å². The van der Waals surface area contributed by atoms with E-state index in [0.29, 0.717) is 74.5 Å². The molecule has 2 amide bonds. The lowest BCUT2D eigenvalue weighted by Crippen LogP contribution is -2.28. The summed E-state index contributed by atoms with van der Waals surface area (Å²) >= 11 is 0. The smallest absolute Gasteiger partial charge is 0.251 e. The molecular formula is C36H50N4O8S4. The van der Waals surface area contributed by atoms with Crippen LogP contribution >= 0.6 is 21.6 Å². The number of hydrogen-bond acceptors (Lipinski definition) is 10. The van der Waals surface area contributed by atoms with E-state index in [9.17, 15) is 35.5 Å². The molecule has 2 aliphatic heterocycles. The van der Waals surface area contributed by atoms with Gasteiger partial charge in [-0.05, 0) is 64.8 Å². The number of hydrogen-bond donors (Lipinski definition) is 2. The van der Waals surface area contributed by atoms with Gasteiger partial charge in [-0.15, -0.1) is 0 Å². The molecule has 0 radical (unpaired) electrons. The molecule has 0 fully saturated rings. The van der Waals surface area contributed by atoms with Gasteiger partial charge in [0.15, 0.2) is 11.4 Å². The monoisotopic (exact) mass is 794 g/mol. The van der Waals surface area contributed by atoms with Crippen LogP contribution in [0.4, 0.5) is 11.4 Å². The van der Waals surface area contributed by atoms with Crippen molar-refractivity contribution in [3.63, 3.8) is 0 Å². The van der Waals surface area contributed by atoms with Gasteiger partial charge in [-0.3, -0.25) is 9.59 Å². The zero-order valence-corrected chi connectivity index (χ0v) is 34.0. The van der Waals surface area contributed by atoms with E-state index < -0.39 is 20.2 Å². The minimum Gasteiger partial charge on any atom is -0.748 e. The second kappa shape index (κ2) is 17.1. The standard InChI is InChI=1S/C36H50N4O8S4/c1-25-35(3,4)29-23-27(11-13-31(29)39(25)17-7-9-21-51(43,44)45)33(41)37-15-19-49-50-20-16-38-34(42)28-12-14-32-30(24-28)36(5,6)26(2)40(32)18-8-10-22-52(46,47)48/h11-14,23-24H,7-10,15-22H2,1-6H3,(H2-2,37,38,41,42,43,44,45,46,47,48). The van der Waals surface area contributed by atoms with Gasteiger partial charge in [0.05, 0.1) is 31.1 Å². The van der Waals surface area contributed by atoms with Crippen LogP contribution in [0.25, 0.3) is 0 Å². The van der Waals surface area contributed by atoms with Gasteiger partial charge in [0.25, 0.3) is 11.8 Å². The molecule has 52 heavy (non-hydrogen) atoms. The van der Waals surface area contributed by atoms with Gasteiger partial charge >= 0.3 is 0 Å². The lowest BCUT2D eigenvalue weighted by atomic mass is 9.81. The Balaban J connectivity index is 1.18. The average Bonchev–Trinajstić information content (AvgIpc) is 3.37. The Morgan fingerprint density at radius 1 is 0.654 bits per heavy atom. The number of nitrogens with one attached hydrogen (secondary N) is 2. The van der Waals surface area contributed by atoms with Crippen molar-refractivity contribution in [1.82, 2.24) is 10.6 Å². The molecule has 2 N–H and O–H groups in total. The van der Waals surface area contributed by atoms with Crippen LogP contribution in [0.1, 0.15) is 99.1 Å². The summed E-state index contributed by atoms with van der Waals surface area (Å²) in [5.74, 6) is 0.336. The molecule has 0 spiro atoms. The van der Waals surface area contributed by atoms with E-state index in [1.165, 1.54) is 0 Å². The molecule has 0 atom stereocenters. The van der Waals surface area contributed by atoms with Crippen LogP contribution in [-0.2, 0) is 31.1 Å². The van der Waals surface area contributed by atoms with E-state index in [1.807, 2.05) is 38.1 Å². The molecule has 4 rings (SSSR count). The summed E-state index contributed by atoms with van der Waals surface area (Å²) in [7, 11) is -5.22. The second-order valence-electron chi connectivity index (χ2n) is 14.3. The molecule has 0 aromatic heterocycles. The summed E-state index contributed by atoms with van der Waals surface area (Å²) in [4.78, 5) is 26.0. The van der Waals surface area contributed by atoms with Crippen molar-refractivity contribution in [1.29, 1.82) is 0 Å². The lowest BCUT2D eigenvalue weighted by molar-refractivity contribution is -0.439. The molecule has 286 valence electrons. The molecular weight excluding hydrogens is 745 g/mol. The number of rotatable bonds is 19. The number of carbonyl (C=O) groups excluding carboxylic acids is 2. The number of benzene rings is 2. The van der Waals surface area contributed by atoms with Crippen LogP contribution in [0.5, 0.6) is 0 Å². The highest BCUT2D eigenvalue weighted by Crippen LogP contribution is 2.41. The maximum Gasteiger partial charge on any atom is 0.251 e. The Bertz CT molecular complexity index is 1830. The van der Waals surface area contributed by atoms with E-state index in [-0.39, 0.29) is 34.2 Å². The van der Waals surface area contributed by atoms with Crippen LogP contribution in [-0.4, -0.2) is 108 Å². The lowest BCUT2D eigenvalue weighted by Gasteiger charge is -2.16. The van der Waals surface area contributed by atoms with E-state index in [1.54, 1.807) is 33.7 Å². The minimum atomic E-state index is -4.23. The first-order valence-electron chi connectivity index (χ1n) is 17.4. The minimum absolute atomic E-state index is 0.156. The molecule has 0 saturated heterocycles. The highest BCUT2D eigenvalue weighted by atomic mass is 33.1. The van der Waals surface area contributed by atoms with Crippen LogP contribution in [0.3, 0.4) is 0 Å².